The first-order valence-corrected chi connectivity index (χ1v) is 8.91. The maximum Gasteiger partial charge on any atom is 0.320 e. The molecular weight excluding hydrogens is 320 g/mol. The van der Waals surface area contributed by atoms with Crippen molar-refractivity contribution in [3.63, 3.8) is 0 Å². The van der Waals surface area contributed by atoms with Crippen molar-refractivity contribution in [2.45, 2.75) is 6.42 Å². The largest absolute Gasteiger partial charge is 0.378 e. The summed E-state index contributed by atoms with van der Waals surface area (Å²) >= 11 is 0. The second-order valence-corrected chi connectivity index (χ2v) is 6.37. The number of hydrogen-bond donors (Lipinski definition) is 1. The molecule has 0 spiro atoms. The van der Waals surface area contributed by atoms with Gasteiger partial charge >= 0.3 is 6.03 Å². The average Bonchev–Trinajstić information content (AvgIpc) is 2.68. The standard InChI is InChI=1S/C18H26N4O3/c23-17(19-16-4-2-1-3-5-16)6-7-20-8-10-21(11-9-20)18(24)22-12-14-25-15-13-22/h1-5H,6-15H2,(H,19,23). The van der Waals surface area contributed by atoms with Gasteiger partial charge in [0.05, 0.1) is 13.2 Å². The Hall–Kier alpha value is -2.12. The second kappa shape index (κ2) is 8.82. The van der Waals surface area contributed by atoms with Crippen LogP contribution in [0.4, 0.5) is 10.5 Å². The van der Waals surface area contributed by atoms with E-state index < -0.39 is 0 Å². The second-order valence-electron chi connectivity index (χ2n) is 6.37. The molecule has 3 rings (SSSR count). The van der Waals surface area contributed by atoms with Gasteiger partial charge in [-0.15, -0.1) is 0 Å². The molecule has 0 bridgehead atoms. The van der Waals surface area contributed by atoms with E-state index in [0.29, 0.717) is 32.7 Å². The lowest BCUT2D eigenvalue weighted by molar-refractivity contribution is -0.116. The molecule has 1 aromatic rings. The Morgan fingerprint density at radius 1 is 0.920 bits per heavy atom. The van der Waals surface area contributed by atoms with Crippen molar-refractivity contribution < 1.29 is 14.3 Å². The van der Waals surface area contributed by atoms with Crippen LogP contribution in [-0.2, 0) is 9.53 Å². The van der Waals surface area contributed by atoms with Gasteiger partial charge in [-0.1, -0.05) is 18.2 Å². The summed E-state index contributed by atoms with van der Waals surface area (Å²) < 4.78 is 5.29. The zero-order chi connectivity index (χ0) is 17.5. The van der Waals surface area contributed by atoms with Crippen LogP contribution in [0, 0.1) is 0 Å². The van der Waals surface area contributed by atoms with Crippen LogP contribution in [0.5, 0.6) is 0 Å². The van der Waals surface area contributed by atoms with Crippen molar-refractivity contribution in [2.75, 3.05) is 64.3 Å². The molecule has 3 amide bonds. The van der Waals surface area contributed by atoms with Gasteiger partial charge in [0, 0.05) is 57.9 Å². The third-order valence-electron chi connectivity index (χ3n) is 4.64. The van der Waals surface area contributed by atoms with Crippen molar-refractivity contribution in [1.82, 2.24) is 14.7 Å². The Morgan fingerprint density at radius 2 is 1.56 bits per heavy atom. The van der Waals surface area contributed by atoms with Gasteiger partial charge in [0.25, 0.3) is 0 Å². The van der Waals surface area contributed by atoms with E-state index in [2.05, 4.69) is 10.2 Å². The number of carbonyl (C=O) groups is 2. The third-order valence-corrected chi connectivity index (χ3v) is 4.64. The Bertz CT molecular complexity index is 567. The van der Waals surface area contributed by atoms with Gasteiger partial charge in [-0.2, -0.15) is 0 Å². The number of ether oxygens (including phenoxy) is 1. The minimum atomic E-state index is 0.0259. The predicted molar refractivity (Wildman–Crippen MR) is 95.5 cm³/mol. The van der Waals surface area contributed by atoms with Gasteiger partial charge in [-0.05, 0) is 12.1 Å². The molecule has 2 fully saturated rings. The fourth-order valence-corrected chi connectivity index (χ4v) is 3.12. The van der Waals surface area contributed by atoms with Crippen molar-refractivity contribution in [3.8, 4) is 0 Å². The molecule has 2 saturated heterocycles. The number of carbonyl (C=O) groups excluding carboxylic acids is 2. The van der Waals surface area contributed by atoms with Crippen LogP contribution in [0.3, 0.4) is 0 Å². The highest BCUT2D eigenvalue weighted by Gasteiger charge is 2.26. The zero-order valence-corrected chi connectivity index (χ0v) is 14.5. The number of amides is 3. The van der Waals surface area contributed by atoms with Gasteiger partial charge in [-0.25, -0.2) is 4.79 Å². The monoisotopic (exact) mass is 346 g/mol. The summed E-state index contributed by atoms with van der Waals surface area (Å²) in [6.45, 7) is 6.40. The SMILES string of the molecule is O=C(CCN1CCN(C(=O)N2CCOCC2)CC1)Nc1ccccc1. The van der Waals surface area contributed by atoms with E-state index in [1.807, 2.05) is 40.1 Å². The first kappa shape index (κ1) is 17.7. The number of para-hydroxylation sites is 1. The van der Waals surface area contributed by atoms with Crippen LogP contribution in [0.1, 0.15) is 6.42 Å². The Balaban J connectivity index is 1.36. The van der Waals surface area contributed by atoms with E-state index in [1.54, 1.807) is 0 Å². The summed E-state index contributed by atoms with van der Waals surface area (Å²) in [5.41, 5.74) is 0.827. The summed E-state index contributed by atoms with van der Waals surface area (Å²) in [5, 5.41) is 2.90. The zero-order valence-electron chi connectivity index (χ0n) is 14.5. The maximum absolute atomic E-state index is 12.4. The number of nitrogens with one attached hydrogen (secondary N) is 1. The van der Waals surface area contributed by atoms with E-state index in [9.17, 15) is 9.59 Å². The van der Waals surface area contributed by atoms with Crippen LogP contribution in [0.2, 0.25) is 0 Å². The maximum atomic E-state index is 12.4. The van der Waals surface area contributed by atoms with Gasteiger partial charge in [-0.3, -0.25) is 9.69 Å². The number of rotatable bonds is 4. The molecular formula is C18H26N4O3. The lowest BCUT2D eigenvalue weighted by Crippen LogP contribution is -2.54. The fraction of sp³-hybridized carbons (Fsp3) is 0.556. The molecule has 7 nitrogen and oxygen atoms in total. The van der Waals surface area contributed by atoms with Crippen LogP contribution >= 0.6 is 0 Å². The highest BCUT2D eigenvalue weighted by atomic mass is 16.5. The molecule has 2 aliphatic heterocycles. The summed E-state index contributed by atoms with van der Waals surface area (Å²) in [6.07, 6.45) is 0.465. The van der Waals surface area contributed by atoms with Crippen molar-refractivity contribution in [1.29, 1.82) is 0 Å². The Morgan fingerprint density at radius 3 is 2.24 bits per heavy atom. The molecule has 7 heteroatoms. The lowest BCUT2D eigenvalue weighted by atomic mass is 10.2. The molecule has 1 N–H and O–H groups in total. The van der Waals surface area contributed by atoms with Crippen molar-refractivity contribution in [3.05, 3.63) is 30.3 Å². The molecule has 0 aromatic heterocycles. The highest BCUT2D eigenvalue weighted by Crippen LogP contribution is 2.09. The quantitative estimate of drug-likeness (QED) is 0.886. The topological polar surface area (TPSA) is 65.1 Å². The number of piperazine rings is 1. The smallest absolute Gasteiger partial charge is 0.320 e. The van der Waals surface area contributed by atoms with E-state index >= 15 is 0 Å². The van der Waals surface area contributed by atoms with E-state index in [1.165, 1.54) is 0 Å². The normalized spacial score (nSPS) is 18.9. The Labute approximate surface area is 148 Å². The molecule has 0 radical (unpaired) electrons. The first-order chi connectivity index (χ1) is 12.2. The number of anilines is 1. The number of benzene rings is 1. The number of urea groups is 1. The van der Waals surface area contributed by atoms with Crippen LogP contribution < -0.4 is 5.32 Å². The highest BCUT2D eigenvalue weighted by molar-refractivity contribution is 5.90. The predicted octanol–water partition coefficient (Wildman–Crippen LogP) is 1.09. The molecule has 0 unspecified atom stereocenters. The average molecular weight is 346 g/mol. The van der Waals surface area contributed by atoms with E-state index in [4.69, 9.17) is 4.74 Å². The van der Waals surface area contributed by atoms with Gasteiger partial charge < -0.3 is 19.9 Å². The number of morpholine rings is 1. The van der Waals surface area contributed by atoms with Crippen molar-refractivity contribution in [2.24, 2.45) is 0 Å². The molecule has 25 heavy (non-hydrogen) atoms. The first-order valence-electron chi connectivity index (χ1n) is 8.91. The summed E-state index contributed by atoms with van der Waals surface area (Å²) in [4.78, 5) is 30.5. The molecule has 2 aliphatic rings. The molecule has 1 aromatic carbocycles. The Kier molecular flexibility index (Phi) is 6.25. The van der Waals surface area contributed by atoms with Crippen LogP contribution in [-0.4, -0.2) is 85.7 Å². The van der Waals surface area contributed by atoms with E-state index in [0.717, 1.165) is 38.4 Å². The summed E-state index contributed by atoms with van der Waals surface area (Å²) in [6, 6.07) is 9.61. The minimum absolute atomic E-state index is 0.0259. The lowest BCUT2D eigenvalue weighted by Gasteiger charge is -2.38. The van der Waals surface area contributed by atoms with Crippen LogP contribution in [0.15, 0.2) is 30.3 Å². The van der Waals surface area contributed by atoms with Gasteiger partial charge in [0.1, 0.15) is 0 Å². The van der Waals surface area contributed by atoms with Crippen LogP contribution in [0.25, 0.3) is 0 Å². The fourth-order valence-electron chi connectivity index (χ4n) is 3.12. The molecule has 0 aliphatic carbocycles. The molecule has 136 valence electrons. The van der Waals surface area contributed by atoms with Gasteiger partial charge in [0.15, 0.2) is 0 Å². The summed E-state index contributed by atoms with van der Waals surface area (Å²) in [7, 11) is 0. The molecule has 2 heterocycles. The summed E-state index contributed by atoms with van der Waals surface area (Å²) in [5.74, 6) is 0.0259. The minimum Gasteiger partial charge on any atom is -0.378 e. The van der Waals surface area contributed by atoms with Crippen molar-refractivity contribution >= 4 is 17.6 Å². The molecule has 0 saturated carbocycles. The van der Waals surface area contributed by atoms with Gasteiger partial charge in [0.2, 0.25) is 5.91 Å². The molecule has 0 atom stereocenters. The third kappa shape index (κ3) is 5.17. The van der Waals surface area contributed by atoms with E-state index in [-0.39, 0.29) is 11.9 Å². The number of nitrogens with zero attached hydrogens (tertiary/aromatic N) is 3. The number of hydrogen-bond acceptors (Lipinski definition) is 4.